The summed E-state index contributed by atoms with van der Waals surface area (Å²) in [5.74, 6) is 5.35. The van der Waals surface area contributed by atoms with Crippen LogP contribution in [0.15, 0.2) is 18.2 Å². The van der Waals surface area contributed by atoms with E-state index in [1.807, 2.05) is 0 Å². The Labute approximate surface area is 94.6 Å². The molecule has 1 N–H and O–H groups in total. The van der Waals surface area contributed by atoms with E-state index in [0.29, 0.717) is 12.0 Å². The molecule has 0 aromatic heterocycles. The molecule has 0 aliphatic carbocycles. The minimum atomic E-state index is -0.364. The van der Waals surface area contributed by atoms with Crippen molar-refractivity contribution in [2.75, 3.05) is 7.05 Å². The Morgan fingerprint density at radius 3 is 2.87 bits per heavy atom. The molecule has 15 heavy (non-hydrogen) atoms. The molecule has 0 fully saturated rings. The van der Waals surface area contributed by atoms with Gasteiger partial charge in [-0.1, -0.05) is 23.7 Å². The summed E-state index contributed by atoms with van der Waals surface area (Å²) in [4.78, 5) is 0. The Hall–Kier alpha value is -1.04. The van der Waals surface area contributed by atoms with Crippen molar-refractivity contribution < 1.29 is 4.39 Å². The van der Waals surface area contributed by atoms with Gasteiger partial charge in [-0.05, 0) is 20.0 Å². The highest BCUT2D eigenvalue weighted by molar-refractivity contribution is 6.30. The smallest absolute Gasteiger partial charge is 0.146 e. The fourth-order valence-electron chi connectivity index (χ4n) is 1.36. The molecule has 0 spiro atoms. The van der Waals surface area contributed by atoms with Crippen molar-refractivity contribution in [3.8, 4) is 11.8 Å². The zero-order valence-electron chi connectivity index (χ0n) is 8.77. The largest absolute Gasteiger partial charge is 0.312 e. The van der Waals surface area contributed by atoms with Crippen LogP contribution in [-0.4, -0.2) is 7.05 Å². The Bertz CT molecular complexity index is 392. The van der Waals surface area contributed by atoms with Crippen LogP contribution in [0, 0.1) is 17.7 Å². The molecule has 0 saturated carbocycles. The van der Waals surface area contributed by atoms with Crippen molar-refractivity contribution in [3.05, 3.63) is 34.6 Å². The molecule has 0 heterocycles. The fourth-order valence-corrected chi connectivity index (χ4v) is 1.54. The third-order valence-electron chi connectivity index (χ3n) is 2.19. The van der Waals surface area contributed by atoms with Gasteiger partial charge in [-0.15, -0.1) is 11.8 Å². The first-order valence-electron chi connectivity index (χ1n) is 4.71. The summed E-state index contributed by atoms with van der Waals surface area (Å²) in [6, 6.07) is 4.89. The maximum Gasteiger partial charge on any atom is 0.146 e. The van der Waals surface area contributed by atoms with Crippen molar-refractivity contribution in [2.24, 2.45) is 0 Å². The van der Waals surface area contributed by atoms with Crippen LogP contribution in [0.2, 0.25) is 5.02 Å². The summed E-state index contributed by atoms with van der Waals surface area (Å²) in [5, 5.41) is 3.17. The Morgan fingerprint density at radius 1 is 1.53 bits per heavy atom. The molecular weight excluding hydrogens is 213 g/mol. The first-order valence-corrected chi connectivity index (χ1v) is 5.09. The second-order valence-corrected chi connectivity index (χ2v) is 3.52. The van der Waals surface area contributed by atoms with E-state index in [2.05, 4.69) is 17.2 Å². The number of halogens is 2. The molecule has 1 atom stereocenters. The first-order chi connectivity index (χ1) is 7.20. The van der Waals surface area contributed by atoms with Gasteiger partial charge < -0.3 is 5.32 Å². The zero-order chi connectivity index (χ0) is 11.3. The van der Waals surface area contributed by atoms with Gasteiger partial charge in [0.05, 0.1) is 5.02 Å². The molecule has 0 radical (unpaired) electrons. The lowest BCUT2D eigenvalue weighted by Gasteiger charge is -2.14. The minimum Gasteiger partial charge on any atom is -0.312 e. The zero-order valence-corrected chi connectivity index (χ0v) is 9.53. The van der Waals surface area contributed by atoms with Gasteiger partial charge in [-0.25, -0.2) is 4.39 Å². The molecule has 80 valence electrons. The Balaban J connectivity index is 2.99. The number of nitrogens with one attached hydrogen (secondary N) is 1. The number of hydrogen-bond acceptors (Lipinski definition) is 1. The average molecular weight is 226 g/mol. The molecular formula is C12H13ClFN. The van der Waals surface area contributed by atoms with Crippen LogP contribution in [0.1, 0.15) is 24.9 Å². The van der Waals surface area contributed by atoms with Crippen molar-refractivity contribution in [1.29, 1.82) is 0 Å². The third-order valence-corrected chi connectivity index (χ3v) is 2.48. The van der Waals surface area contributed by atoms with E-state index in [9.17, 15) is 4.39 Å². The molecule has 1 rings (SSSR count). The van der Waals surface area contributed by atoms with Crippen molar-refractivity contribution >= 4 is 11.6 Å². The second kappa shape index (κ2) is 5.75. The van der Waals surface area contributed by atoms with E-state index >= 15 is 0 Å². The number of rotatable bonds is 3. The van der Waals surface area contributed by atoms with E-state index < -0.39 is 0 Å². The van der Waals surface area contributed by atoms with Gasteiger partial charge in [0.25, 0.3) is 0 Å². The molecule has 1 aromatic rings. The minimum absolute atomic E-state index is 0.115. The monoisotopic (exact) mass is 225 g/mol. The quantitative estimate of drug-likeness (QED) is 0.780. The van der Waals surface area contributed by atoms with Gasteiger partial charge in [0, 0.05) is 18.0 Å². The van der Waals surface area contributed by atoms with Crippen LogP contribution in [-0.2, 0) is 0 Å². The molecule has 1 nitrogen and oxygen atoms in total. The highest BCUT2D eigenvalue weighted by Crippen LogP contribution is 2.24. The maximum atomic E-state index is 13.6. The average Bonchev–Trinajstić information content (AvgIpc) is 2.25. The van der Waals surface area contributed by atoms with Crippen molar-refractivity contribution in [3.63, 3.8) is 0 Å². The lowest BCUT2D eigenvalue weighted by molar-refractivity contribution is 0.544. The fraction of sp³-hybridized carbons (Fsp3) is 0.333. The highest BCUT2D eigenvalue weighted by Gasteiger charge is 2.14. The first kappa shape index (κ1) is 12.0. The molecule has 0 bridgehead atoms. The summed E-state index contributed by atoms with van der Waals surface area (Å²) >= 11 is 5.71. The van der Waals surface area contributed by atoms with Crippen LogP contribution in [0.5, 0.6) is 0 Å². The number of benzene rings is 1. The predicted octanol–water partition coefficient (Wildman–Crippen LogP) is 3.15. The Kier molecular flexibility index (Phi) is 4.61. The van der Waals surface area contributed by atoms with Crippen LogP contribution in [0.25, 0.3) is 0 Å². The number of hydrogen-bond donors (Lipinski definition) is 1. The van der Waals surface area contributed by atoms with E-state index in [1.54, 1.807) is 32.2 Å². The molecule has 0 aliphatic rings. The van der Waals surface area contributed by atoms with Gasteiger partial charge >= 0.3 is 0 Å². The topological polar surface area (TPSA) is 12.0 Å². The third kappa shape index (κ3) is 2.95. The normalized spacial score (nSPS) is 11.7. The van der Waals surface area contributed by atoms with E-state index in [4.69, 9.17) is 11.6 Å². The van der Waals surface area contributed by atoms with E-state index in [1.165, 1.54) is 0 Å². The van der Waals surface area contributed by atoms with Crippen LogP contribution >= 0.6 is 11.6 Å². The van der Waals surface area contributed by atoms with Gasteiger partial charge in [-0.3, -0.25) is 0 Å². The lowest BCUT2D eigenvalue weighted by atomic mass is 10.0. The molecule has 1 aromatic carbocycles. The second-order valence-electron chi connectivity index (χ2n) is 3.12. The van der Waals surface area contributed by atoms with Crippen molar-refractivity contribution in [1.82, 2.24) is 5.32 Å². The van der Waals surface area contributed by atoms with Gasteiger partial charge in [0.15, 0.2) is 0 Å². The van der Waals surface area contributed by atoms with E-state index in [-0.39, 0.29) is 16.9 Å². The van der Waals surface area contributed by atoms with Gasteiger partial charge in [0.1, 0.15) is 5.82 Å². The molecule has 0 saturated heterocycles. The van der Waals surface area contributed by atoms with E-state index in [0.717, 1.165) is 0 Å². The molecule has 1 unspecified atom stereocenters. The Morgan fingerprint density at radius 2 is 2.27 bits per heavy atom. The maximum absolute atomic E-state index is 13.6. The summed E-state index contributed by atoms with van der Waals surface area (Å²) in [5.41, 5.74) is 0.563. The SMILES string of the molecule is CC#CCC(NC)c1cccc(Cl)c1F. The van der Waals surface area contributed by atoms with Gasteiger partial charge in [-0.2, -0.15) is 0 Å². The van der Waals surface area contributed by atoms with Crippen molar-refractivity contribution in [2.45, 2.75) is 19.4 Å². The molecule has 0 amide bonds. The van der Waals surface area contributed by atoms with Crippen LogP contribution in [0.4, 0.5) is 4.39 Å². The lowest BCUT2D eigenvalue weighted by Crippen LogP contribution is -2.17. The molecule has 3 heteroatoms. The molecule has 0 aliphatic heterocycles. The summed E-state index contributed by atoms with van der Waals surface area (Å²) in [6.45, 7) is 1.76. The van der Waals surface area contributed by atoms with Gasteiger partial charge in [0.2, 0.25) is 0 Å². The summed E-state index contributed by atoms with van der Waals surface area (Å²) < 4.78 is 13.6. The van der Waals surface area contributed by atoms with Crippen LogP contribution < -0.4 is 5.32 Å². The standard InChI is InChI=1S/C12H13ClFN/c1-3-4-8-11(15-2)9-6-5-7-10(13)12(9)14/h5-7,11,15H,8H2,1-2H3. The highest BCUT2D eigenvalue weighted by atomic mass is 35.5. The van der Waals surface area contributed by atoms with Crippen LogP contribution in [0.3, 0.4) is 0 Å². The predicted molar refractivity (Wildman–Crippen MR) is 61.3 cm³/mol. The summed E-state index contributed by atoms with van der Waals surface area (Å²) in [6.07, 6.45) is 0.574. The summed E-state index contributed by atoms with van der Waals surface area (Å²) in [7, 11) is 1.78.